The summed E-state index contributed by atoms with van der Waals surface area (Å²) in [5.41, 5.74) is 0.503. The fraction of sp³-hybridized carbons (Fsp3) is 0.583. The molecule has 1 rings (SSSR count). The number of aliphatic hydroxyl groups excluding tert-OH is 1. The number of aliphatic hydroxyl groups is 1. The van der Waals surface area contributed by atoms with Crippen molar-refractivity contribution in [2.45, 2.75) is 11.8 Å². The Bertz CT molecular complexity index is 507. The standard InChI is InChI=1S/C12H21N3O4S/c1-3-14-11-4-5-13-10-12(11)20(17,18)15(6-8-16)7-9-19-2/h4-5,10,16H,3,6-9H2,1-2H3,(H,13,14). The van der Waals surface area contributed by atoms with Gasteiger partial charge in [0.05, 0.1) is 18.9 Å². The molecule has 0 aromatic carbocycles. The van der Waals surface area contributed by atoms with Gasteiger partial charge < -0.3 is 15.2 Å². The number of pyridine rings is 1. The van der Waals surface area contributed by atoms with Gasteiger partial charge in [0, 0.05) is 39.1 Å². The minimum Gasteiger partial charge on any atom is -0.395 e. The quantitative estimate of drug-likeness (QED) is 0.674. The van der Waals surface area contributed by atoms with Crippen LogP contribution in [0.4, 0.5) is 5.69 Å². The van der Waals surface area contributed by atoms with Gasteiger partial charge in [0.15, 0.2) is 0 Å². The van der Waals surface area contributed by atoms with E-state index in [0.717, 1.165) is 0 Å². The van der Waals surface area contributed by atoms with Crippen molar-refractivity contribution < 1.29 is 18.3 Å². The Kier molecular flexibility index (Phi) is 6.86. The van der Waals surface area contributed by atoms with Gasteiger partial charge in [0.2, 0.25) is 10.0 Å². The zero-order valence-corrected chi connectivity index (χ0v) is 12.6. The van der Waals surface area contributed by atoms with Crippen LogP contribution in [0.15, 0.2) is 23.4 Å². The molecular weight excluding hydrogens is 282 g/mol. The monoisotopic (exact) mass is 303 g/mol. The SMILES string of the molecule is CCNc1ccncc1S(=O)(=O)N(CCO)CCOC. The predicted molar refractivity (Wildman–Crippen MR) is 76.1 cm³/mol. The van der Waals surface area contributed by atoms with Crippen molar-refractivity contribution in [1.82, 2.24) is 9.29 Å². The van der Waals surface area contributed by atoms with Crippen molar-refractivity contribution in [3.05, 3.63) is 18.5 Å². The Labute approximate surface area is 119 Å². The number of nitrogens with one attached hydrogen (secondary N) is 1. The third kappa shape index (κ3) is 4.14. The average molecular weight is 303 g/mol. The Morgan fingerprint density at radius 2 is 2.20 bits per heavy atom. The Hall–Kier alpha value is -1.22. The van der Waals surface area contributed by atoms with E-state index in [1.54, 1.807) is 6.07 Å². The van der Waals surface area contributed by atoms with Crippen molar-refractivity contribution in [3.63, 3.8) is 0 Å². The van der Waals surface area contributed by atoms with Gasteiger partial charge in [-0.25, -0.2) is 8.42 Å². The van der Waals surface area contributed by atoms with Crippen LogP contribution in [0, 0.1) is 0 Å². The van der Waals surface area contributed by atoms with Crippen molar-refractivity contribution in [2.75, 3.05) is 45.3 Å². The van der Waals surface area contributed by atoms with Crippen LogP contribution in [0.2, 0.25) is 0 Å². The summed E-state index contributed by atoms with van der Waals surface area (Å²) in [6.45, 7) is 2.69. The lowest BCUT2D eigenvalue weighted by molar-refractivity contribution is 0.168. The number of ether oxygens (including phenoxy) is 1. The fourth-order valence-electron chi connectivity index (χ4n) is 1.72. The van der Waals surface area contributed by atoms with Gasteiger partial charge in [0.1, 0.15) is 4.90 Å². The first-order valence-corrected chi connectivity index (χ1v) is 7.79. The van der Waals surface area contributed by atoms with E-state index in [-0.39, 0.29) is 31.2 Å². The third-order valence-electron chi connectivity index (χ3n) is 2.66. The van der Waals surface area contributed by atoms with Gasteiger partial charge in [-0.15, -0.1) is 0 Å². The molecule has 0 fully saturated rings. The summed E-state index contributed by atoms with van der Waals surface area (Å²) in [5, 5.41) is 12.0. The highest BCUT2D eigenvalue weighted by Gasteiger charge is 2.26. The molecule has 0 bridgehead atoms. The lowest BCUT2D eigenvalue weighted by Gasteiger charge is -2.22. The first-order chi connectivity index (χ1) is 9.57. The second-order valence-corrected chi connectivity index (χ2v) is 5.93. The number of hydrogen-bond donors (Lipinski definition) is 2. The molecule has 0 radical (unpaired) electrons. The Morgan fingerprint density at radius 1 is 1.45 bits per heavy atom. The van der Waals surface area contributed by atoms with E-state index in [2.05, 4.69) is 10.3 Å². The van der Waals surface area contributed by atoms with E-state index in [1.165, 1.54) is 23.8 Å². The molecule has 0 spiro atoms. The molecule has 0 unspecified atom stereocenters. The molecule has 0 aliphatic heterocycles. The van der Waals surface area contributed by atoms with Crippen LogP contribution >= 0.6 is 0 Å². The molecule has 7 nitrogen and oxygen atoms in total. The second kappa shape index (κ2) is 8.15. The second-order valence-electron chi connectivity index (χ2n) is 4.02. The molecule has 20 heavy (non-hydrogen) atoms. The van der Waals surface area contributed by atoms with E-state index < -0.39 is 10.0 Å². The number of sulfonamides is 1. The van der Waals surface area contributed by atoms with Crippen LogP contribution in [-0.2, 0) is 14.8 Å². The zero-order chi connectivity index (χ0) is 15.0. The van der Waals surface area contributed by atoms with Gasteiger partial charge in [-0.1, -0.05) is 0 Å². The minimum absolute atomic E-state index is 0.0200. The van der Waals surface area contributed by atoms with Crippen LogP contribution in [0.1, 0.15) is 6.92 Å². The van der Waals surface area contributed by atoms with Crippen molar-refractivity contribution in [1.29, 1.82) is 0 Å². The maximum Gasteiger partial charge on any atom is 0.246 e. The maximum atomic E-state index is 12.6. The van der Waals surface area contributed by atoms with E-state index in [9.17, 15) is 8.42 Å². The normalized spacial score (nSPS) is 11.8. The number of nitrogens with zero attached hydrogens (tertiary/aromatic N) is 2. The van der Waals surface area contributed by atoms with Crippen LogP contribution in [0.3, 0.4) is 0 Å². The molecule has 0 amide bonds. The van der Waals surface area contributed by atoms with Gasteiger partial charge in [-0.2, -0.15) is 4.31 Å². The van der Waals surface area contributed by atoms with Crippen molar-refractivity contribution in [2.24, 2.45) is 0 Å². The van der Waals surface area contributed by atoms with Gasteiger partial charge >= 0.3 is 0 Å². The van der Waals surface area contributed by atoms with Crippen LogP contribution in [0.5, 0.6) is 0 Å². The number of methoxy groups -OCH3 is 1. The van der Waals surface area contributed by atoms with Crippen LogP contribution < -0.4 is 5.32 Å². The summed E-state index contributed by atoms with van der Waals surface area (Å²) < 4.78 is 31.3. The maximum absolute atomic E-state index is 12.6. The van der Waals surface area contributed by atoms with Crippen molar-refractivity contribution in [3.8, 4) is 0 Å². The number of hydrogen-bond acceptors (Lipinski definition) is 6. The number of rotatable bonds is 9. The zero-order valence-electron chi connectivity index (χ0n) is 11.7. The van der Waals surface area contributed by atoms with E-state index in [4.69, 9.17) is 9.84 Å². The Morgan fingerprint density at radius 3 is 2.80 bits per heavy atom. The Balaban J connectivity index is 3.11. The van der Waals surface area contributed by atoms with Gasteiger partial charge in [-0.05, 0) is 13.0 Å². The molecule has 8 heteroatoms. The lowest BCUT2D eigenvalue weighted by atomic mass is 10.4. The summed E-state index contributed by atoms with van der Waals surface area (Å²) in [5.74, 6) is 0. The molecule has 114 valence electrons. The molecule has 1 aromatic rings. The molecule has 0 atom stereocenters. The average Bonchev–Trinajstić information content (AvgIpc) is 2.44. The molecule has 1 aromatic heterocycles. The molecule has 0 saturated heterocycles. The molecular formula is C12H21N3O4S. The van der Waals surface area contributed by atoms with E-state index >= 15 is 0 Å². The van der Waals surface area contributed by atoms with Gasteiger partial charge in [-0.3, -0.25) is 4.98 Å². The number of aromatic nitrogens is 1. The summed E-state index contributed by atoms with van der Waals surface area (Å²) in [4.78, 5) is 3.98. The van der Waals surface area contributed by atoms with E-state index in [1.807, 2.05) is 6.92 Å². The molecule has 0 aliphatic carbocycles. The summed E-state index contributed by atoms with van der Waals surface area (Å²) in [7, 11) is -2.22. The van der Waals surface area contributed by atoms with Crippen LogP contribution in [-0.4, -0.2) is 62.8 Å². The predicted octanol–water partition coefficient (Wildman–Crippen LogP) is 0.143. The lowest BCUT2D eigenvalue weighted by Crippen LogP contribution is -2.36. The summed E-state index contributed by atoms with van der Waals surface area (Å²) >= 11 is 0. The highest BCUT2D eigenvalue weighted by molar-refractivity contribution is 7.89. The first kappa shape index (κ1) is 16.8. The van der Waals surface area contributed by atoms with Gasteiger partial charge in [0.25, 0.3) is 0 Å². The highest BCUT2D eigenvalue weighted by Crippen LogP contribution is 2.23. The topological polar surface area (TPSA) is 91.8 Å². The molecule has 1 heterocycles. The fourth-order valence-corrected chi connectivity index (χ4v) is 3.25. The third-order valence-corrected chi connectivity index (χ3v) is 4.59. The van der Waals surface area contributed by atoms with Crippen LogP contribution in [0.25, 0.3) is 0 Å². The summed E-state index contributed by atoms with van der Waals surface area (Å²) in [6, 6.07) is 1.61. The molecule has 2 N–H and O–H groups in total. The first-order valence-electron chi connectivity index (χ1n) is 6.35. The van der Waals surface area contributed by atoms with E-state index in [0.29, 0.717) is 12.2 Å². The van der Waals surface area contributed by atoms with Crippen molar-refractivity contribution >= 4 is 15.7 Å². The largest absolute Gasteiger partial charge is 0.395 e. The molecule has 0 saturated carbocycles. The number of anilines is 1. The smallest absolute Gasteiger partial charge is 0.246 e. The molecule has 0 aliphatic rings. The highest BCUT2D eigenvalue weighted by atomic mass is 32.2. The minimum atomic E-state index is -3.72. The summed E-state index contributed by atoms with van der Waals surface area (Å²) in [6.07, 6.45) is 2.84.